The lowest BCUT2D eigenvalue weighted by molar-refractivity contribution is -0.116. The van der Waals surface area contributed by atoms with Crippen molar-refractivity contribution in [2.75, 3.05) is 19.5 Å². The van der Waals surface area contributed by atoms with Gasteiger partial charge in [0.05, 0.1) is 27.0 Å². The van der Waals surface area contributed by atoms with Gasteiger partial charge < -0.3 is 14.8 Å². The lowest BCUT2D eigenvalue weighted by atomic mass is 10.1. The highest BCUT2D eigenvalue weighted by atomic mass is 79.9. The van der Waals surface area contributed by atoms with Gasteiger partial charge in [0.15, 0.2) is 11.5 Å². The number of amides is 1. The Balaban J connectivity index is 1.60. The largest absolute Gasteiger partial charge is 0.493 e. The zero-order valence-electron chi connectivity index (χ0n) is 15.8. The van der Waals surface area contributed by atoms with Gasteiger partial charge in [-0.25, -0.2) is 4.68 Å². The van der Waals surface area contributed by atoms with Gasteiger partial charge in [0, 0.05) is 17.0 Å². The Morgan fingerprint density at radius 3 is 2.64 bits per heavy atom. The van der Waals surface area contributed by atoms with Crippen molar-refractivity contribution in [1.29, 1.82) is 0 Å². The summed E-state index contributed by atoms with van der Waals surface area (Å²) in [5.74, 6) is 1.94. The van der Waals surface area contributed by atoms with Gasteiger partial charge in [-0.3, -0.25) is 4.79 Å². The van der Waals surface area contributed by atoms with Crippen LogP contribution in [0.3, 0.4) is 0 Å². The molecule has 0 saturated carbocycles. The number of halogens is 1. The molecule has 7 heteroatoms. The zero-order chi connectivity index (χ0) is 19.9. The SMILES string of the molecule is COc1ccc(CCC(=O)Nc2ccnn2Cc2ccccc2Br)cc1OC. The van der Waals surface area contributed by atoms with Crippen LogP contribution < -0.4 is 14.8 Å². The highest BCUT2D eigenvalue weighted by molar-refractivity contribution is 9.10. The molecule has 0 aliphatic heterocycles. The van der Waals surface area contributed by atoms with Gasteiger partial charge in [-0.2, -0.15) is 5.10 Å². The molecule has 0 spiro atoms. The average molecular weight is 444 g/mol. The summed E-state index contributed by atoms with van der Waals surface area (Å²) in [7, 11) is 3.20. The Morgan fingerprint density at radius 2 is 1.89 bits per heavy atom. The summed E-state index contributed by atoms with van der Waals surface area (Å²) in [5.41, 5.74) is 2.10. The van der Waals surface area contributed by atoms with Crippen LogP contribution in [0.5, 0.6) is 11.5 Å². The molecule has 1 N–H and O–H groups in total. The summed E-state index contributed by atoms with van der Waals surface area (Å²) in [4.78, 5) is 12.4. The van der Waals surface area contributed by atoms with E-state index in [0.29, 0.717) is 36.7 Å². The second kappa shape index (κ2) is 9.41. The molecule has 0 radical (unpaired) electrons. The molecule has 2 aromatic carbocycles. The lowest BCUT2D eigenvalue weighted by Crippen LogP contribution is -2.16. The monoisotopic (exact) mass is 443 g/mol. The first-order valence-electron chi connectivity index (χ1n) is 8.86. The average Bonchev–Trinajstić information content (AvgIpc) is 3.14. The van der Waals surface area contributed by atoms with Gasteiger partial charge >= 0.3 is 0 Å². The van der Waals surface area contributed by atoms with Gasteiger partial charge in [-0.15, -0.1) is 0 Å². The minimum Gasteiger partial charge on any atom is -0.493 e. The number of ether oxygens (including phenoxy) is 2. The van der Waals surface area contributed by atoms with E-state index in [1.54, 1.807) is 31.2 Å². The van der Waals surface area contributed by atoms with Crippen LogP contribution in [0, 0.1) is 0 Å². The number of nitrogens with one attached hydrogen (secondary N) is 1. The number of anilines is 1. The third-order valence-electron chi connectivity index (χ3n) is 4.35. The van der Waals surface area contributed by atoms with E-state index in [2.05, 4.69) is 26.3 Å². The standard InChI is InChI=1S/C21H22BrN3O3/c1-27-18-9-7-15(13-19(18)28-2)8-10-21(26)24-20-11-12-23-25(20)14-16-5-3-4-6-17(16)22/h3-7,9,11-13H,8,10,14H2,1-2H3,(H,24,26). The van der Waals surface area contributed by atoms with Crippen LogP contribution in [0.1, 0.15) is 17.5 Å². The van der Waals surface area contributed by atoms with Crippen LogP contribution in [0.25, 0.3) is 0 Å². The van der Waals surface area contributed by atoms with Crippen LogP contribution in [-0.4, -0.2) is 29.9 Å². The number of carbonyl (C=O) groups excluding carboxylic acids is 1. The second-order valence-corrected chi connectivity index (χ2v) is 7.06. The van der Waals surface area contributed by atoms with Crippen molar-refractivity contribution in [2.45, 2.75) is 19.4 Å². The molecule has 0 bridgehead atoms. The summed E-state index contributed by atoms with van der Waals surface area (Å²) < 4.78 is 13.3. The first kappa shape index (κ1) is 19.9. The Bertz CT molecular complexity index is 956. The Morgan fingerprint density at radius 1 is 1.11 bits per heavy atom. The van der Waals surface area contributed by atoms with Gasteiger partial charge in [0.25, 0.3) is 0 Å². The van der Waals surface area contributed by atoms with Crippen LogP contribution in [0.15, 0.2) is 59.2 Å². The van der Waals surface area contributed by atoms with E-state index >= 15 is 0 Å². The van der Waals surface area contributed by atoms with E-state index in [0.717, 1.165) is 15.6 Å². The minimum absolute atomic E-state index is 0.0661. The molecule has 6 nitrogen and oxygen atoms in total. The fourth-order valence-electron chi connectivity index (χ4n) is 2.85. The molecule has 0 atom stereocenters. The molecule has 146 valence electrons. The number of methoxy groups -OCH3 is 2. The first-order chi connectivity index (χ1) is 13.6. The third-order valence-corrected chi connectivity index (χ3v) is 5.12. The summed E-state index contributed by atoms with van der Waals surface area (Å²) in [5, 5.41) is 7.26. The van der Waals surface area contributed by atoms with Crippen molar-refractivity contribution in [1.82, 2.24) is 9.78 Å². The maximum absolute atomic E-state index is 12.4. The van der Waals surface area contributed by atoms with E-state index in [1.165, 1.54) is 0 Å². The molecule has 3 rings (SSSR count). The maximum Gasteiger partial charge on any atom is 0.225 e. The number of carbonyl (C=O) groups is 1. The van der Waals surface area contributed by atoms with Gasteiger partial charge in [-0.1, -0.05) is 40.2 Å². The van der Waals surface area contributed by atoms with E-state index in [-0.39, 0.29) is 5.91 Å². The molecule has 28 heavy (non-hydrogen) atoms. The molecular formula is C21H22BrN3O3. The predicted octanol–water partition coefficient (Wildman–Crippen LogP) is 4.28. The topological polar surface area (TPSA) is 65.4 Å². The smallest absolute Gasteiger partial charge is 0.225 e. The van der Waals surface area contributed by atoms with Gasteiger partial charge in [-0.05, 0) is 35.7 Å². The number of hydrogen-bond acceptors (Lipinski definition) is 4. The maximum atomic E-state index is 12.4. The number of nitrogens with zero attached hydrogens (tertiary/aromatic N) is 2. The molecular weight excluding hydrogens is 422 g/mol. The fraction of sp³-hybridized carbons (Fsp3) is 0.238. The van der Waals surface area contributed by atoms with Crippen molar-refractivity contribution in [2.24, 2.45) is 0 Å². The summed E-state index contributed by atoms with van der Waals surface area (Å²) in [6.07, 6.45) is 2.64. The Hall–Kier alpha value is -2.80. The van der Waals surface area contributed by atoms with Crippen molar-refractivity contribution in [3.8, 4) is 11.5 Å². The van der Waals surface area contributed by atoms with Crippen molar-refractivity contribution >= 4 is 27.7 Å². The quantitative estimate of drug-likeness (QED) is 0.563. The molecule has 3 aromatic rings. The molecule has 1 amide bonds. The fourth-order valence-corrected chi connectivity index (χ4v) is 3.26. The normalized spacial score (nSPS) is 10.5. The third kappa shape index (κ3) is 4.92. The molecule has 0 saturated heterocycles. The number of hydrogen-bond donors (Lipinski definition) is 1. The van der Waals surface area contributed by atoms with E-state index in [9.17, 15) is 4.79 Å². The van der Waals surface area contributed by atoms with Gasteiger partial charge in [0.2, 0.25) is 5.91 Å². The Kier molecular flexibility index (Phi) is 6.71. The lowest BCUT2D eigenvalue weighted by Gasteiger charge is -2.11. The van der Waals surface area contributed by atoms with Gasteiger partial charge in [0.1, 0.15) is 5.82 Å². The van der Waals surface area contributed by atoms with Crippen LogP contribution in [0.2, 0.25) is 0 Å². The van der Waals surface area contributed by atoms with E-state index in [1.807, 2.05) is 42.5 Å². The van der Waals surface area contributed by atoms with Crippen LogP contribution in [0.4, 0.5) is 5.82 Å². The first-order valence-corrected chi connectivity index (χ1v) is 9.66. The molecule has 0 aliphatic rings. The van der Waals surface area contributed by atoms with Crippen molar-refractivity contribution in [3.05, 3.63) is 70.3 Å². The van der Waals surface area contributed by atoms with Crippen LogP contribution in [-0.2, 0) is 17.8 Å². The minimum atomic E-state index is -0.0661. The molecule has 0 aliphatic carbocycles. The highest BCUT2D eigenvalue weighted by Gasteiger charge is 2.10. The zero-order valence-corrected chi connectivity index (χ0v) is 17.4. The molecule has 0 unspecified atom stereocenters. The number of rotatable bonds is 8. The summed E-state index contributed by atoms with van der Waals surface area (Å²) in [6, 6.07) is 15.4. The molecule has 1 aromatic heterocycles. The van der Waals surface area contributed by atoms with E-state index < -0.39 is 0 Å². The number of benzene rings is 2. The molecule has 1 heterocycles. The second-order valence-electron chi connectivity index (χ2n) is 6.20. The number of aromatic nitrogens is 2. The molecule has 0 fully saturated rings. The van der Waals surface area contributed by atoms with Crippen molar-refractivity contribution < 1.29 is 14.3 Å². The Labute approximate surface area is 172 Å². The van der Waals surface area contributed by atoms with E-state index in [4.69, 9.17) is 9.47 Å². The predicted molar refractivity (Wildman–Crippen MR) is 112 cm³/mol. The summed E-state index contributed by atoms with van der Waals surface area (Å²) >= 11 is 3.54. The highest BCUT2D eigenvalue weighted by Crippen LogP contribution is 2.28. The van der Waals surface area contributed by atoms with Crippen LogP contribution >= 0.6 is 15.9 Å². The number of aryl methyl sites for hydroxylation is 1. The summed E-state index contributed by atoms with van der Waals surface area (Å²) in [6.45, 7) is 0.569. The van der Waals surface area contributed by atoms with Crippen molar-refractivity contribution in [3.63, 3.8) is 0 Å².